The van der Waals surface area contributed by atoms with E-state index in [0.29, 0.717) is 22.8 Å². The second kappa shape index (κ2) is 7.58. The van der Waals surface area contributed by atoms with Gasteiger partial charge in [0.05, 0.1) is 11.7 Å². The minimum Gasteiger partial charge on any atom is -0.349 e. The molecule has 134 valence electrons. The topological polar surface area (TPSA) is 78.1 Å². The van der Waals surface area contributed by atoms with Crippen LogP contribution in [0.4, 0.5) is 0 Å². The summed E-state index contributed by atoms with van der Waals surface area (Å²) in [7, 11) is 3.34. The molecule has 0 saturated carbocycles. The Morgan fingerprint density at radius 1 is 1.23 bits per heavy atom. The van der Waals surface area contributed by atoms with Gasteiger partial charge < -0.3 is 15.2 Å². The van der Waals surface area contributed by atoms with Gasteiger partial charge >= 0.3 is 0 Å². The summed E-state index contributed by atoms with van der Waals surface area (Å²) in [6.07, 6.45) is 1.98. The van der Waals surface area contributed by atoms with Crippen LogP contribution in [0.2, 0.25) is 5.15 Å². The molecule has 2 amide bonds. The van der Waals surface area contributed by atoms with Crippen LogP contribution in [0, 0.1) is 0 Å². The first-order valence-corrected chi connectivity index (χ1v) is 8.52. The molecule has 0 fully saturated rings. The van der Waals surface area contributed by atoms with Gasteiger partial charge in [0.2, 0.25) is 5.91 Å². The Kier molecular flexibility index (Phi) is 5.23. The molecule has 0 aliphatic rings. The van der Waals surface area contributed by atoms with Crippen LogP contribution in [0.3, 0.4) is 0 Å². The highest BCUT2D eigenvalue weighted by Gasteiger charge is 2.24. The fourth-order valence-electron chi connectivity index (χ4n) is 2.72. The van der Waals surface area contributed by atoms with E-state index in [4.69, 9.17) is 11.6 Å². The molecular formula is C19H19ClN4O2. The molecule has 1 atom stereocenters. The molecule has 7 heteroatoms. The predicted octanol–water partition coefficient (Wildman–Crippen LogP) is 2.65. The number of hydrogen-bond acceptors (Lipinski definition) is 3. The molecule has 2 aromatic heterocycles. The highest BCUT2D eigenvalue weighted by Crippen LogP contribution is 2.18. The molecule has 2 N–H and O–H groups in total. The Labute approximate surface area is 156 Å². The van der Waals surface area contributed by atoms with Crippen LogP contribution in [0.15, 0.2) is 48.7 Å². The highest BCUT2D eigenvalue weighted by atomic mass is 35.5. The molecule has 3 rings (SSSR count). The van der Waals surface area contributed by atoms with Gasteiger partial charge in [0.15, 0.2) is 0 Å². The molecule has 1 aromatic carbocycles. The summed E-state index contributed by atoms with van der Waals surface area (Å²) in [4.78, 5) is 33.6. The molecular weight excluding hydrogens is 352 g/mol. The molecule has 0 spiro atoms. The number of pyridine rings is 1. The van der Waals surface area contributed by atoms with Gasteiger partial charge in [-0.2, -0.15) is 0 Å². The number of hydrogen-bond donors (Lipinski definition) is 2. The van der Waals surface area contributed by atoms with Crippen LogP contribution < -0.4 is 5.32 Å². The van der Waals surface area contributed by atoms with Gasteiger partial charge in [-0.1, -0.05) is 41.9 Å². The first-order valence-electron chi connectivity index (χ1n) is 8.14. The summed E-state index contributed by atoms with van der Waals surface area (Å²) in [5.41, 5.74) is 2.03. The zero-order valence-electron chi connectivity index (χ0n) is 14.5. The van der Waals surface area contributed by atoms with E-state index in [2.05, 4.69) is 15.3 Å². The number of carbonyl (C=O) groups excluding carboxylic acids is 2. The summed E-state index contributed by atoms with van der Waals surface area (Å²) in [5, 5.41) is 3.96. The van der Waals surface area contributed by atoms with Crippen LogP contribution in [0.1, 0.15) is 16.1 Å². The molecule has 0 radical (unpaired) electrons. The van der Waals surface area contributed by atoms with Crippen molar-refractivity contribution < 1.29 is 9.59 Å². The van der Waals surface area contributed by atoms with Crippen molar-refractivity contribution in [3.63, 3.8) is 0 Å². The van der Waals surface area contributed by atoms with E-state index in [1.165, 1.54) is 4.90 Å². The van der Waals surface area contributed by atoms with Gasteiger partial charge in [-0.25, -0.2) is 4.98 Å². The van der Waals surface area contributed by atoms with Crippen LogP contribution in [-0.4, -0.2) is 46.8 Å². The van der Waals surface area contributed by atoms with Gasteiger partial charge in [0.1, 0.15) is 16.9 Å². The smallest absolute Gasteiger partial charge is 0.268 e. The number of fused-ring (bicyclic) bond motifs is 1. The minimum absolute atomic E-state index is 0.164. The third kappa shape index (κ3) is 4.03. The number of amides is 2. The summed E-state index contributed by atoms with van der Waals surface area (Å²) in [6.45, 7) is 0. The van der Waals surface area contributed by atoms with Crippen molar-refractivity contribution in [2.75, 3.05) is 14.1 Å². The highest BCUT2D eigenvalue weighted by molar-refractivity contribution is 6.30. The molecule has 0 bridgehead atoms. The van der Waals surface area contributed by atoms with E-state index < -0.39 is 6.04 Å². The van der Waals surface area contributed by atoms with E-state index in [9.17, 15) is 9.59 Å². The lowest BCUT2D eigenvalue weighted by Crippen LogP contribution is -2.47. The van der Waals surface area contributed by atoms with E-state index in [0.717, 1.165) is 10.9 Å². The summed E-state index contributed by atoms with van der Waals surface area (Å²) < 4.78 is 0. The number of aromatic nitrogens is 2. The van der Waals surface area contributed by atoms with Crippen molar-refractivity contribution in [1.29, 1.82) is 0 Å². The summed E-state index contributed by atoms with van der Waals surface area (Å²) in [6, 6.07) is 12.3. The van der Waals surface area contributed by atoms with E-state index in [-0.39, 0.29) is 11.8 Å². The third-order valence-electron chi connectivity index (χ3n) is 4.04. The van der Waals surface area contributed by atoms with Crippen molar-refractivity contribution in [2.45, 2.75) is 12.5 Å². The predicted molar refractivity (Wildman–Crippen MR) is 101 cm³/mol. The zero-order valence-corrected chi connectivity index (χ0v) is 15.2. The second-order valence-corrected chi connectivity index (χ2v) is 6.61. The lowest BCUT2D eigenvalue weighted by molar-refractivity contribution is -0.130. The van der Waals surface area contributed by atoms with E-state index >= 15 is 0 Å². The van der Waals surface area contributed by atoms with Crippen molar-refractivity contribution in [1.82, 2.24) is 20.2 Å². The van der Waals surface area contributed by atoms with Crippen LogP contribution in [-0.2, 0) is 11.2 Å². The first-order chi connectivity index (χ1) is 12.4. The Hall–Kier alpha value is -2.86. The Morgan fingerprint density at radius 3 is 2.65 bits per heavy atom. The lowest BCUT2D eigenvalue weighted by Gasteiger charge is -2.21. The van der Waals surface area contributed by atoms with Gasteiger partial charge in [-0.15, -0.1) is 0 Å². The number of rotatable bonds is 5. The van der Waals surface area contributed by atoms with Crippen molar-refractivity contribution >= 4 is 34.3 Å². The third-order valence-corrected chi connectivity index (χ3v) is 4.25. The number of H-pyrrole nitrogens is 1. The van der Waals surface area contributed by atoms with Gasteiger partial charge in [0, 0.05) is 25.9 Å². The first kappa shape index (κ1) is 17.9. The number of nitrogens with zero attached hydrogens (tertiary/aromatic N) is 2. The van der Waals surface area contributed by atoms with Gasteiger partial charge in [-0.3, -0.25) is 9.59 Å². The molecule has 0 saturated heterocycles. The Balaban J connectivity index is 1.82. The largest absolute Gasteiger partial charge is 0.349 e. The molecule has 0 unspecified atom stereocenters. The monoisotopic (exact) mass is 370 g/mol. The maximum Gasteiger partial charge on any atom is 0.268 e. The van der Waals surface area contributed by atoms with Crippen LogP contribution in [0.5, 0.6) is 0 Å². The number of halogens is 1. The van der Waals surface area contributed by atoms with Gasteiger partial charge in [0.25, 0.3) is 5.91 Å². The fourth-order valence-corrected chi connectivity index (χ4v) is 2.89. The SMILES string of the molecule is CN(C)C(=O)[C@H](Cc1ccccc1)NC(=O)c1cc2cc(Cl)ncc2[nH]1. The number of nitrogens with one attached hydrogen (secondary N) is 2. The Morgan fingerprint density at radius 2 is 1.96 bits per heavy atom. The average molecular weight is 371 g/mol. The number of benzene rings is 1. The number of likely N-dealkylation sites (N-methyl/N-ethyl adjacent to an activating group) is 1. The maximum atomic E-state index is 12.7. The molecule has 0 aliphatic carbocycles. The molecule has 0 aliphatic heterocycles. The molecule has 3 aromatic rings. The molecule has 6 nitrogen and oxygen atoms in total. The fraction of sp³-hybridized carbons (Fsp3) is 0.211. The zero-order chi connectivity index (χ0) is 18.7. The summed E-state index contributed by atoms with van der Waals surface area (Å²) >= 11 is 5.88. The quantitative estimate of drug-likeness (QED) is 0.678. The van der Waals surface area contributed by atoms with Crippen LogP contribution in [0.25, 0.3) is 10.9 Å². The van der Waals surface area contributed by atoms with Crippen molar-refractivity contribution in [3.05, 3.63) is 65.1 Å². The molecule has 26 heavy (non-hydrogen) atoms. The standard InChI is InChI=1S/C19H19ClN4O2/c1-24(2)19(26)15(8-12-6-4-3-5-7-12)23-18(25)14-9-13-10-17(20)21-11-16(13)22-14/h3-7,9-11,15,22H,8H2,1-2H3,(H,23,25)/t15-/m0/s1. The van der Waals surface area contributed by atoms with Gasteiger partial charge in [-0.05, 0) is 17.7 Å². The van der Waals surface area contributed by atoms with E-state index in [1.54, 1.807) is 32.4 Å². The lowest BCUT2D eigenvalue weighted by atomic mass is 10.0. The normalized spacial score (nSPS) is 12.0. The maximum absolute atomic E-state index is 12.7. The minimum atomic E-state index is -0.659. The molecule has 2 heterocycles. The summed E-state index contributed by atoms with van der Waals surface area (Å²) in [5.74, 6) is -0.517. The number of carbonyl (C=O) groups is 2. The van der Waals surface area contributed by atoms with E-state index in [1.807, 2.05) is 30.3 Å². The van der Waals surface area contributed by atoms with Crippen molar-refractivity contribution in [2.24, 2.45) is 0 Å². The van der Waals surface area contributed by atoms with Crippen LogP contribution >= 0.6 is 11.6 Å². The number of aromatic amines is 1. The average Bonchev–Trinajstić information content (AvgIpc) is 3.04. The second-order valence-electron chi connectivity index (χ2n) is 6.23. The Bertz CT molecular complexity index is 937. The van der Waals surface area contributed by atoms with Crippen molar-refractivity contribution in [3.8, 4) is 0 Å².